The molecule has 4 aromatic heterocycles. The molecule has 4 heterocycles. The lowest BCUT2D eigenvalue weighted by Gasteiger charge is -2.10. The van der Waals surface area contributed by atoms with Gasteiger partial charge in [-0.3, -0.25) is 19.2 Å². The topological polar surface area (TPSA) is 200 Å². The molecule has 6 aromatic rings. The second-order valence-corrected chi connectivity index (χ2v) is 10.1. The molecule has 0 spiro atoms. The van der Waals surface area contributed by atoms with Crippen LogP contribution in [0.4, 0.5) is 17.6 Å². The molecule has 0 saturated heterocycles. The van der Waals surface area contributed by atoms with Gasteiger partial charge < -0.3 is 31.0 Å². The molecule has 0 unspecified atom stereocenters. The van der Waals surface area contributed by atoms with E-state index in [9.17, 15) is 52.2 Å². The third kappa shape index (κ3) is 6.99. The van der Waals surface area contributed by atoms with E-state index in [-0.39, 0.29) is 51.0 Å². The zero-order valence-corrected chi connectivity index (χ0v) is 24.7. The van der Waals surface area contributed by atoms with Crippen LogP contribution in [0.3, 0.4) is 0 Å². The second kappa shape index (κ2) is 13.9. The number of nitrogens with one attached hydrogen (secondary N) is 3. The van der Waals surface area contributed by atoms with Crippen molar-refractivity contribution in [2.75, 3.05) is 0 Å². The highest BCUT2D eigenvalue weighted by atomic mass is 19.1. The van der Waals surface area contributed by atoms with Gasteiger partial charge >= 0.3 is 5.56 Å². The summed E-state index contributed by atoms with van der Waals surface area (Å²) in [6.45, 7) is -0.616. The molecule has 6 N–H and O–H groups in total. The molecule has 13 nitrogen and oxygen atoms in total. The molecule has 2 aromatic carbocycles. The van der Waals surface area contributed by atoms with E-state index in [1.165, 1.54) is 42.7 Å². The lowest BCUT2D eigenvalue weighted by Crippen LogP contribution is -2.33. The van der Waals surface area contributed by atoms with Gasteiger partial charge in [0.1, 0.15) is 46.0 Å². The number of H-pyrrole nitrogens is 1. The molecule has 6 rings (SSSR count). The molecule has 0 atom stereocenters. The van der Waals surface area contributed by atoms with Crippen molar-refractivity contribution in [1.29, 1.82) is 0 Å². The maximum Gasteiger partial charge on any atom is 0.301 e. The van der Waals surface area contributed by atoms with E-state index < -0.39 is 68.8 Å². The summed E-state index contributed by atoms with van der Waals surface area (Å²) in [6, 6.07) is 11.6. The largest absolute Gasteiger partial charge is 0.506 e. The van der Waals surface area contributed by atoms with Crippen LogP contribution in [-0.2, 0) is 13.1 Å². The van der Waals surface area contributed by atoms with E-state index in [0.29, 0.717) is 12.1 Å². The standard InChI is InChI=1S/C16H11F2N3O4.C16H11F2N3O3/c17-9-4-3-8(11(18)6-9)7-20-15(23)12-13(22)10-2-1-5-19-14(10)21(25)16(12)24;17-9-4-3-8(11(18)6-9)7-20-15(23)12-13(22)10-2-1-5-19-14(10)21-16(12)24/h1-6,22,25H,7H2,(H,20,23);1-6H,7H2,(H,20,23)(H2,19,21,22,24). The van der Waals surface area contributed by atoms with E-state index in [1.54, 1.807) is 0 Å². The Kier molecular flexibility index (Phi) is 9.54. The van der Waals surface area contributed by atoms with Crippen LogP contribution in [-0.4, -0.2) is 46.9 Å². The molecule has 0 fully saturated rings. The number of carbonyl (C=O) groups is 2. The van der Waals surface area contributed by atoms with Gasteiger partial charge in [-0.15, -0.1) is 4.73 Å². The number of aromatic nitrogens is 4. The summed E-state index contributed by atoms with van der Waals surface area (Å²) < 4.78 is 53.0. The van der Waals surface area contributed by atoms with Crippen molar-refractivity contribution in [3.63, 3.8) is 0 Å². The zero-order valence-electron chi connectivity index (χ0n) is 24.7. The van der Waals surface area contributed by atoms with Crippen molar-refractivity contribution in [2.24, 2.45) is 0 Å². The van der Waals surface area contributed by atoms with E-state index >= 15 is 0 Å². The number of halogens is 4. The molecule has 49 heavy (non-hydrogen) atoms. The molecular formula is C32H22F4N6O7. The first-order valence-corrected chi connectivity index (χ1v) is 13.9. The predicted octanol–water partition coefficient (Wildman–Crippen LogP) is 3.38. The van der Waals surface area contributed by atoms with Gasteiger partial charge in [-0.2, -0.15) is 0 Å². The van der Waals surface area contributed by atoms with Crippen LogP contribution in [0.25, 0.3) is 22.1 Å². The van der Waals surface area contributed by atoms with Crippen molar-refractivity contribution in [2.45, 2.75) is 13.1 Å². The fraction of sp³-hybridized carbons (Fsp3) is 0.0625. The number of hydrogen-bond acceptors (Lipinski definition) is 9. The Morgan fingerprint density at radius 1 is 0.735 bits per heavy atom. The molecule has 0 aliphatic heterocycles. The van der Waals surface area contributed by atoms with Crippen LogP contribution in [0.15, 0.2) is 82.6 Å². The number of benzene rings is 2. The Hall–Kier alpha value is -6.78. The lowest BCUT2D eigenvalue weighted by atomic mass is 10.1. The maximum atomic E-state index is 13.6. The van der Waals surface area contributed by atoms with E-state index in [1.807, 2.05) is 0 Å². The third-order valence-electron chi connectivity index (χ3n) is 7.01. The van der Waals surface area contributed by atoms with E-state index in [0.717, 1.165) is 18.2 Å². The Morgan fingerprint density at radius 3 is 1.82 bits per heavy atom. The SMILES string of the molecule is O=C(NCc1ccc(F)cc1F)c1c(O)c2cccnc2[nH]c1=O.O=C(NCc1ccc(F)cc1F)c1c(O)c2cccnc2n(O)c1=O. The van der Waals surface area contributed by atoms with E-state index in [2.05, 4.69) is 25.6 Å². The number of aromatic amines is 1. The van der Waals surface area contributed by atoms with Gasteiger partial charge in [0.15, 0.2) is 11.2 Å². The number of amides is 2. The highest BCUT2D eigenvalue weighted by Crippen LogP contribution is 2.25. The quantitative estimate of drug-likeness (QED) is 0.113. The minimum Gasteiger partial charge on any atom is -0.506 e. The van der Waals surface area contributed by atoms with Crippen molar-refractivity contribution in [1.82, 2.24) is 30.3 Å². The first-order valence-electron chi connectivity index (χ1n) is 13.9. The fourth-order valence-corrected chi connectivity index (χ4v) is 4.57. The van der Waals surface area contributed by atoms with Gasteiger partial charge in [0.2, 0.25) is 0 Å². The Balaban J connectivity index is 0.000000191. The predicted molar refractivity (Wildman–Crippen MR) is 164 cm³/mol. The normalized spacial score (nSPS) is 10.8. The zero-order chi connectivity index (χ0) is 35.4. The average Bonchev–Trinajstić information content (AvgIpc) is 3.07. The van der Waals surface area contributed by atoms with Gasteiger partial charge in [0, 0.05) is 48.7 Å². The van der Waals surface area contributed by atoms with Crippen molar-refractivity contribution in [3.05, 3.63) is 139 Å². The summed E-state index contributed by atoms with van der Waals surface area (Å²) in [5, 5.41) is 34.9. The van der Waals surface area contributed by atoms with Gasteiger partial charge in [0.05, 0.1) is 10.8 Å². The summed E-state index contributed by atoms with van der Waals surface area (Å²) in [5.41, 5.74) is -3.27. The summed E-state index contributed by atoms with van der Waals surface area (Å²) >= 11 is 0. The fourth-order valence-electron chi connectivity index (χ4n) is 4.57. The summed E-state index contributed by atoms with van der Waals surface area (Å²) in [4.78, 5) is 58.5. The molecule has 0 bridgehead atoms. The summed E-state index contributed by atoms with van der Waals surface area (Å²) in [5.74, 6) is -6.28. The van der Waals surface area contributed by atoms with Crippen molar-refractivity contribution < 1.29 is 42.6 Å². The molecule has 17 heteroatoms. The van der Waals surface area contributed by atoms with Crippen LogP contribution in [0.2, 0.25) is 0 Å². The number of nitrogens with zero attached hydrogens (tertiary/aromatic N) is 3. The highest BCUT2D eigenvalue weighted by molar-refractivity contribution is 6.02. The van der Waals surface area contributed by atoms with E-state index in [4.69, 9.17) is 0 Å². The summed E-state index contributed by atoms with van der Waals surface area (Å²) in [6.07, 6.45) is 2.72. The molecule has 0 saturated carbocycles. The van der Waals surface area contributed by atoms with Gasteiger partial charge in [-0.05, 0) is 36.4 Å². The second-order valence-electron chi connectivity index (χ2n) is 10.1. The molecule has 0 radical (unpaired) electrons. The number of fused-ring (bicyclic) bond motifs is 2. The Morgan fingerprint density at radius 2 is 1.24 bits per heavy atom. The van der Waals surface area contributed by atoms with Crippen LogP contribution in [0.5, 0.6) is 11.5 Å². The molecule has 0 aliphatic carbocycles. The first kappa shape index (κ1) is 33.6. The summed E-state index contributed by atoms with van der Waals surface area (Å²) in [7, 11) is 0. The van der Waals surface area contributed by atoms with Crippen LogP contribution >= 0.6 is 0 Å². The molecule has 0 aliphatic rings. The Bertz CT molecular complexity index is 2380. The minimum atomic E-state index is -1.18. The first-order chi connectivity index (χ1) is 23.4. The Labute approximate surface area is 270 Å². The van der Waals surface area contributed by atoms with Crippen LogP contribution in [0, 0.1) is 23.3 Å². The highest BCUT2D eigenvalue weighted by Gasteiger charge is 2.23. The minimum absolute atomic E-state index is 0.0114. The van der Waals surface area contributed by atoms with Crippen molar-refractivity contribution >= 4 is 33.9 Å². The monoisotopic (exact) mass is 678 g/mol. The number of aromatic hydroxyl groups is 2. The molecule has 2 amide bonds. The van der Waals surface area contributed by atoms with Gasteiger partial charge in [-0.1, -0.05) is 12.1 Å². The van der Waals surface area contributed by atoms with Gasteiger partial charge in [0.25, 0.3) is 17.4 Å². The molecule has 250 valence electrons. The van der Waals surface area contributed by atoms with Gasteiger partial charge in [-0.25, -0.2) is 27.5 Å². The smallest absolute Gasteiger partial charge is 0.301 e. The molecular weight excluding hydrogens is 656 g/mol. The average molecular weight is 679 g/mol. The third-order valence-corrected chi connectivity index (χ3v) is 7.01. The van der Waals surface area contributed by atoms with Crippen molar-refractivity contribution in [3.8, 4) is 11.5 Å². The number of pyridine rings is 4. The maximum absolute atomic E-state index is 13.6. The van der Waals surface area contributed by atoms with Crippen LogP contribution < -0.4 is 21.8 Å². The lowest BCUT2D eigenvalue weighted by molar-refractivity contribution is 0.0934. The van der Waals surface area contributed by atoms with Crippen LogP contribution in [0.1, 0.15) is 31.8 Å². The number of rotatable bonds is 6. The number of hydrogen-bond donors (Lipinski definition) is 6. The number of carbonyl (C=O) groups excluding carboxylic acids is 2.